The molecule has 0 spiro atoms. The fourth-order valence-electron chi connectivity index (χ4n) is 0. The molecule has 0 amide bonds. The molecular weight excluding hydrogens is 344 g/mol. The minimum absolute atomic E-state index is 0. The zero-order valence-corrected chi connectivity index (χ0v) is 8.00. The SMILES string of the molecule is O.O.O.O.O.O.O.O.O.O.O.O.O.O.O.O.[SrH2]. The van der Waals surface area contributed by atoms with Crippen LogP contribution in [0.4, 0.5) is 0 Å². The molecule has 0 saturated heterocycles. The van der Waals surface area contributed by atoms with Crippen molar-refractivity contribution in [1.29, 1.82) is 0 Å². The Morgan fingerprint density at radius 1 is 0.118 bits per heavy atom. The zero-order chi connectivity index (χ0) is 0. The molecule has 0 radical (unpaired) electrons. The second-order valence-electron chi connectivity index (χ2n) is 0. The summed E-state index contributed by atoms with van der Waals surface area (Å²) in [7, 11) is 0. The Kier molecular flexibility index (Phi) is 2520000. The molecule has 0 aliphatic heterocycles. The average Bonchev–Trinajstić information content (AvgIpc) is 0. The summed E-state index contributed by atoms with van der Waals surface area (Å²) >= 11 is 0. The quantitative estimate of drug-likeness (QED) is 0.354. The van der Waals surface area contributed by atoms with Crippen molar-refractivity contribution in [1.82, 2.24) is 0 Å². The van der Waals surface area contributed by atoms with Gasteiger partial charge in [0.05, 0.1) is 0 Å². The molecule has 0 aliphatic rings. The Morgan fingerprint density at radius 3 is 0.118 bits per heavy atom. The Balaban J connectivity index is 0. The molecule has 0 aromatic carbocycles. The summed E-state index contributed by atoms with van der Waals surface area (Å²) < 4.78 is 0. The summed E-state index contributed by atoms with van der Waals surface area (Å²) in [6, 6.07) is 0. The van der Waals surface area contributed by atoms with Crippen LogP contribution in [0.2, 0.25) is 0 Å². The maximum absolute atomic E-state index is 0. The molecule has 17 heteroatoms. The van der Waals surface area contributed by atoms with Gasteiger partial charge in [0.25, 0.3) is 0 Å². The number of hydrogen-bond acceptors (Lipinski definition) is 0. The third kappa shape index (κ3) is 5250. The Bertz CT molecular complexity index is 5.49. The molecule has 17 heavy (non-hydrogen) atoms. The van der Waals surface area contributed by atoms with Gasteiger partial charge in [-0.05, 0) is 0 Å². The monoisotopic (exact) mass is 378 g/mol. The summed E-state index contributed by atoms with van der Waals surface area (Å²) in [5.74, 6) is 0. The summed E-state index contributed by atoms with van der Waals surface area (Å²) in [6.45, 7) is 0. The first-order chi connectivity index (χ1) is 0. The fraction of sp³-hybridized carbons (Fsp3) is 0. The van der Waals surface area contributed by atoms with Crippen LogP contribution in [-0.2, 0) is 0 Å². The van der Waals surface area contributed by atoms with Gasteiger partial charge in [0.1, 0.15) is 0 Å². The van der Waals surface area contributed by atoms with E-state index in [1.165, 1.54) is 0 Å². The molecule has 0 atom stereocenters. The summed E-state index contributed by atoms with van der Waals surface area (Å²) in [5.41, 5.74) is 0. The van der Waals surface area contributed by atoms with Crippen molar-refractivity contribution in [3.05, 3.63) is 0 Å². The van der Waals surface area contributed by atoms with E-state index in [2.05, 4.69) is 0 Å². The van der Waals surface area contributed by atoms with E-state index in [-0.39, 0.29) is 133 Å². The van der Waals surface area contributed by atoms with Crippen molar-refractivity contribution in [3.63, 3.8) is 0 Å². The molecule has 0 aromatic rings. The molecule has 0 heterocycles. The molecule has 0 bridgehead atoms. The first kappa shape index (κ1) is 7160. The summed E-state index contributed by atoms with van der Waals surface area (Å²) in [5, 5.41) is 0. The number of hydrogen-bond donors (Lipinski definition) is 0. The van der Waals surface area contributed by atoms with Crippen molar-refractivity contribution in [2.75, 3.05) is 0 Å². The van der Waals surface area contributed by atoms with Gasteiger partial charge in [-0.15, -0.1) is 0 Å². The van der Waals surface area contributed by atoms with E-state index in [0.29, 0.717) is 0 Å². The Labute approximate surface area is 132 Å². The van der Waals surface area contributed by atoms with Crippen molar-refractivity contribution in [3.8, 4) is 0 Å². The van der Waals surface area contributed by atoms with Gasteiger partial charge in [0, 0.05) is 0 Å². The second kappa shape index (κ2) is 5980. The van der Waals surface area contributed by atoms with Crippen LogP contribution in [0.5, 0.6) is 0 Å². The molecule has 0 aromatic heterocycles. The van der Waals surface area contributed by atoms with Gasteiger partial charge < -0.3 is 87.6 Å². The molecule has 0 fully saturated rings. The second-order valence-corrected chi connectivity index (χ2v) is 0. The molecule has 0 aliphatic carbocycles. The Hall–Kier alpha value is 0.841. The predicted octanol–water partition coefficient (Wildman–Crippen LogP) is -14.1. The van der Waals surface area contributed by atoms with Gasteiger partial charge in [-0.2, -0.15) is 0 Å². The van der Waals surface area contributed by atoms with E-state index in [4.69, 9.17) is 0 Å². The number of rotatable bonds is 0. The first-order valence-corrected chi connectivity index (χ1v) is 0. The van der Waals surface area contributed by atoms with E-state index in [9.17, 15) is 0 Å². The van der Waals surface area contributed by atoms with Crippen LogP contribution < -0.4 is 0 Å². The van der Waals surface area contributed by atoms with Crippen LogP contribution in [0.3, 0.4) is 0 Å². The van der Waals surface area contributed by atoms with E-state index in [1.54, 1.807) is 0 Å². The summed E-state index contributed by atoms with van der Waals surface area (Å²) in [6.07, 6.45) is 0. The molecule has 0 saturated carbocycles. The molecule has 132 valence electrons. The average molecular weight is 378 g/mol. The van der Waals surface area contributed by atoms with Gasteiger partial charge in [0.15, 0.2) is 0 Å². The third-order valence-corrected chi connectivity index (χ3v) is 0. The van der Waals surface area contributed by atoms with Crippen LogP contribution >= 0.6 is 0 Å². The molecule has 0 unspecified atom stereocenters. The maximum atomic E-state index is 0. The zero-order valence-electron chi connectivity index (χ0n) is 8.00. The van der Waals surface area contributed by atoms with E-state index in [0.717, 1.165) is 0 Å². The minimum atomic E-state index is 0. The topological polar surface area (TPSA) is 504 Å². The van der Waals surface area contributed by atoms with E-state index < -0.39 is 0 Å². The van der Waals surface area contributed by atoms with Crippen molar-refractivity contribution >= 4 is 45.5 Å². The van der Waals surface area contributed by atoms with Crippen molar-refractivity contribution < 1.29 is 87.6 Å². The molecule has 16 nitrogen and oxygen atoms in total. The van der Waals surface area contributed by atoms with E-state index >= 15 is 0 Å². The van der Waals surface area contributed by atoms with Crippen LogP contribution in [0.1, 0.15) is 0 Å². The van der Waals surface area contributed by atoms with Gasteiger partial charge in [-0.3, -0.25) is 0 Å². The molecular formula is H34O16Sr. The summed E-state index contributed by atoms with van der Waals surface area (Å²) in [4.78, 5) is 0. The van der Waals surface area contributed by atoms with Crippen LogP contribution in [0.25, 0.3) is 0 Å². The van der Waals surface area contributed by atoms with Crippen LogP contribution in [0, 0.1) is 0 Å². The molecule has 32 N–H and O–H groups in total. The van der Waals surface area contributed by atoms with Gasteiger partial charge in [0.2, 0.25) is 0 Å². The van der Waals surface area contributed by atoms with Crippen LogP contribution in [-0.4, -0.2) is 133 Å². The van der Waals surface area contributed by atoms with Gasteiger partial charge >= 0.3 is 45.5 Å². The first-order valence-electron chi connectivity index (χ1n) is 0. The van der Waals surface area contributed by atoms with Crippen molar-refractivity contribution in [2.24, 2.45) is 0 Å². The van der Waals surface area contributed by atoms with Crippen molar-refractivity contribution in [2.45, 2.75) is 0 Å². The fourth-order valence-corrected chi connectivity index (χ4v) is 0. The van der Waals surface area contributed by atoms with Crippen LogP contribution in [0.15, 0.2) is 0 Å². The molecule has 0 rings (SSSR count). The normalized spacial score (nSPS) is 0. The van der Waals surface area contributed by atoms with Gasteiger partial charge in [-0.25, -0.2) is 0 Å². The third-order valence-electron chi connectivity index (χ3n) is 0. The predicted molar refractivity (Wildman–Crippen MR) is 66.4 cm³/mol. The van der Waals surface area contributed by atoms with E-state index in [1.807, 2.05) is 0 Å². The van der Waals surface area contributed by atoms with Gasteiger partial charge in [-0.1, -0.05) is 0 Å². The Morgan fingerprint density at radius 2 is 0.118 bits per heavy atom. The standard InChI is InChI=1S/16H2O.Sr.2H/h16*1H2;;;.